The number of hydrogen-bond donors (Lipinski definition) is 1. The largest absolute Gasteiger partial charge is 0.478 e. The SMILES string of the molecule is C/C(=C/C(=O)O)Cn1cc(I)cn1. The zero-order chi connectivity index (χ0) is 9.84. The minimum Gasteiger partial charge on any atom is -0.478 e. The van der Waals surface area contributed by atoms with E-state index in [0.717, 1.165) is 9.14 Å². The molecule has 13 heavy (non-hydrogen) atoms. The lowest BCUT2D eigenvalue weighted by atomic mass is 10.3. The summed E-state index contributed by atoms with van der Waals surface area (Å²) in [5.41, 5.74) is 0.770. The van der Waals surface area contributed by atoms with E-state index in [1.165, 1.54) is 6.08 Å². The first-order valence-electron chi connectivity index (χ1n) is 3.66. The van der Waals surface area contributed by atoms with Crippen molar-refractivity contribution in [1.29, 1.82) is 0 Å². The fourth-order valence-electron chi connectivity index (χ4n) is 0.937. The highest BCUT2D eigenvalue weighted by molar-refractivity contribution is 14.1. The predicted molar refractivity (Wildman–Crippen MR) is 56.3 cm³/mol. The summed E-state index contributed by atoms with van der Waals surface area (Å²) in [7, 11) is 0. The quantitative estimate of drug-likeness (QED) is 0.679. The van der Waals surface area contributed by atoms with Gasteiger partial charge in [0, 0.05) is 12.3 Å². The molecule has 0 spiro atoms. The first kappa shape index (κ1) is 10.2. The highest BCUT2D eigenvalue weighted by atomic mass is 127. The van der Waals surface area contributed by atoms with Gasteiger partial charge < -0.3 is 5.11 Å². The molecule has 0 aliphatic rings. The standard InChI is InChI=1S/C8H9IN2O2/c1-6(2-8(12)13)4-11-5-7(9)3-10-11/h2-3,5H,4H2,1H3,(H,12,13)/b6-2-. The molecule has 0 saturated carbocycles. The lowest BCUT2D eigenvalue weighted by Gasteiger charge is -1.99. The number of halogens is 1. The van der Waals surface area contributed by atoms with Crippen LogP contribution in [0.5, 0.6) is 0 Å². The van der Waals surface area contributed by atoms with E-state index in [-0.39, 0.29) is 0 Å². The molecule has 1 aromatic heterocycles. The second-order valence-corrected chi connectivity index (χ2v) is 3.93. The fraction of sp³-hybridized carbons (Fsp3) is 0.250. The summed E-state index contributed by atoms with van der Waals surface area (Å²) in [4.78, 5) is 10.3. The van der Waals surface area contributed by atoms with Gasteiger partial charge in [0.1, 0.15) is 0 Å². The van der Waals surface area contributed by atoms with Crippen molar-refractivity contribution in [3.63, 3.8) is 0 Å². The van der Waals surface area contributed by atoms with E-state index in [0.29, 0.717) is 6.54 Å². The van der Waals surface area contributed by atoms with Crippen LogP contribution in [0.25, 0.3) is 0 Å². The van der Waals surface area contributed by atoms with Gasteiger partial charge in [0.25, 0.3) is 0 Å². The van der Waals surface area contributed by atoms with Crippen molar-refractivity contribution < 1.29 is 9.90 Å². The molecule has 0 atom stereocenters. The van der Waals surface area contributed by atoms with Crippen LogP contribution in [0.2, 0.25) is 0 Å². The van der Waals surface area contributed by atoms with Gasteiger partial charge in [-0.1, -0.05) is 0 Å². The van der Waals surface area contributed by atoms with Crippen LogP contribution in [0.3, 0.4) is 0 Å². The second-order valence-electron chi connectivity index (χ2n) is 2.69. The van der Waals surface area contributed by atoms with Gasteiger partial charge in [-0.15, -0.1) is 0 Å². The first-order chi connectivity index (χ1) is 6.08. The molecule has 0 saturated heterocycles. The van der Waals surface area contributed by atoms with Gasteiger partial charge in [-0.3, -0.25) is 4.68 Å². The molecule has 4 nitrogen and oxygen atoms in total. The monoisotopic (exact) mass is 292 g/mol. The van der Waals surface area contributed by atoms with Crippen LogP contribution < -0.4 is 0 Å². The van der Waals surface area contributed by atoms with E-state index < -0.39 is 5.97 Å². The molecule has 0 bridgehead atoms. The fourth-order valence-corrected chi connectivity index (χ4v) is 1.38. The van der Waals surface area contributed by atoms with E-state index in [1.807, 2.05) is 6.20 Å². The van der Waals surface area contributed by atoms with Crippen LogP contribution in [0.1, 0.15) is 6.92 Å². The molecule has 0 unspecified atom stereocenters. The molecule has 1 heterocycles. The number of carbonyl (C=O) groups is 1. The molecule has 0 fully saturated rings. The Bertz CT molecular complexity index is 344. The first-order valence-corrected chi connectivity index (χ1v) is 4.74. The van der Waals surface area contributed by atoms with Crippen molar-refractivity contribution in [3.8, 4) is 0 Å². The number of carboxylic acids is 1. The molecule has 0 amide bonds. The van der Waals surface area contributed by atoms with Crippen molar-refractivity contribution >= 4 is 28.6 Å². The Morgan fingerprint density at radius 3 is 3.00 bits per heavy atom. The molecular formula is C8H9IN2O2. The van der Waals surface area contributed by atoms with Crippen LogP contribution >= 0.6 is 22.6 Å². The summed E-state index contributed by atoms with van der Waals surface area (Å²) in [6.07, 6.45) is 4.78. The lowest BCUT2D eigenvalue weighted by Crippen LogP contribution is -2.01. The van der Waals surface area contributed by atoms with Crippen molar-refractivity contribution in [2.45, 2.75) is 13.5 Å². The third-order valence-corrected chi connectivity index (χ3v) is 1.94. The maximum absolute atomic E-state index is 10.3. The van der Waals surface area contributed by atoms with E-state index in [4.69, 9.17) is 5.11 Å². The van der Waals surface area contributed by atoms with Crippen molar-refractivity contribution in [2.75, 3.05) is 0 Å². The second kappa shape index (κ2) is 4.40. The summed E-state index contributed by atoms with van der Waals surface area (Å²) in [5.74, 6) is -0.917. The third kappa shape index (κ3) is 3.58. The number of aliphatic carboxylic acids is 1. The normalized spacial score (nSPS) is 11.7. The lowest BCUT2D eigenvalue weighted by molar-refractivity contribution is -0.131. The Morgan fingerprint density at radius 1 is 1.85 bits per heavy atom. The Morgan fingerprint density at radius 2 is 2.54 bits per heavy atom. The molecule has 0 aromatic carbocycles. The highest BCUT2D eigenvalue weighted by Crippen LogP contribution is 2.03. The number of rotatable bonds is 3. The maximum atomic E-state index is 10.3. The van der Waals surface area contributed by atoms with E-state index in [2.05, 4.69) is 27.7 Å². The van der Waals surface area contributed by atoms with Crippen LogP contribution in [0.4, 0.5) is 0 Å². The Hall–Kier alpha value is -0.850. The van der Waals surface area contributed by atoms with Crippen molar-refractivity contribution in [3.05, 3.63) is 27.6 Å². The maximum Gasteiger partial charge on any atom is 0.328 e. The highest BCUT2D eigenvalue weighted by Gasteiger charge is 1.97. The number of allylic oxidation sites excluding steroid dienone is 1. The van der Waals surface area contributed by atoms with E-state index >= 15 is 0 Å². The van der Waals surface area contributed by atoms with E-state index in [9.17, 15) is 4.79 Å². The molecule has 5 heteroatoms. The topological polar surface area (TPSA) is 55.1 Å². The third-order valence-electron chi connectivity index (χ3n) is 1.38. The molecule has 1 N–H and O–H groups in total. The molecule has 0 aliphatic heterocycles. The Kier molecular flexibility index (Phi) is 3.47. The molecule has 1 rings (SSSR count). The van der Waals surface area contributed by atoms with Crippen molar-refractivity contribution in [1.82, 2.24) is 9.78 Å². The summed E-state index contributed by atoms with van der Waals surface area (Å²) >= 11 is 2.15. The van der Waals surface area contributed by atoms with Gasteiger partial charge >= 0.3 is 5.97 Å². The summed E-state index contributed by atoms with van der Waals surface area (Å²) in [6, 6.07) is 0. The Balaban J connectivity index is 2.64. The van der Waals surface area contributed by atoms with Gasteiger partial charge in [0.2, 0.25) is 0 Å². The van der Waals surface area contributed by atoms with Crippen molar-refractivity contribution in [2.24, 2.45) is 0 Å². The van der Waals surface area contributed by atoms with Crippen LogP contribution in [0, 0.1) is 3.57 Å². The molecule has 1 aromatic rings. The predicted octanol–water partition coefficient (Wildman–Crippen LogP) is 1.52. The number of aromatic nitrogens is 2. The summed E-state index contributed by atoms with van der Waals surface area (Å²) < 4.78 is 2.75. The van der Waals surface area contributed by atoms with Gasteiger partial charge in [-0.2, -0.15) is 5.10 Å². The van der Waals surface area contributed by atoms with Gasteiger partial charge in [0.05, 0.1) is 16.3 Å². The number of carboxylic acid groups (broad SMARTS) is 1. The van der Waals surface area contributed by atoms with E-state index in [1.54, 1.807) is 17.8 Å². The average molecular weight is 292 g/mol. The zero-order valence-corrected chi connectivity index (χ0v) is 9.22. The van der Waals surface area contributed by atoms with Crippen LogP contribution in [0.15, 0.2) is 24.0 Å². The minimum absolute atomic E-state index is 0.523. The zero-order valence-electron chi connectivity index (χ0n) is 7.07. The van der Waals surface area contributed by atoms with Crippen LogP contribution in [-0.4, -0.2) is 20.9 Å². The van der Waals surface area contributed by atoms with Gasteiger partial charge in [-0.25, -0.2) is 4.79 Å². The smallest absolute Gasteiger partial charge is 0.328 e. The number of hydrogen-bond acceptors (Lipinski definition) is 2. The van der Waals surface area contributed by atoms with Gasteiger partial charge in [0.15, 0.2) is 0 Å². The number of nitrogens with zero attached hydrogens (tertiary/aromatic N) is 2. The van der Waals surface area contributed by atoms with Gasteiger partial charge in [-0.05, 0) is 35.1 Å². The summed E-state index contributed by atoms with van der Waals surface area (Å²) in [6.45, 7) is 2.29. The molecule has 70 valence electrons. The average Bonchev–Trinajstić information content (AvgIpc) is 2.33. The molecule has 0 radical (unpaired) electrons. The van der Waals surface area contributed by atoms with Crippen LogP contribution in [-0.2, 0) is 11.3 Å². The molecule has 0 aliphatic carbocycles. The minimum atomic E-state index is -0.917. The Labute approximate surface area is 89.4 Å². The molecular weight excluding hydrogens is 283 g/mol. The summed E-state index contributed by atoms with van der Waals surface area (Å²) in [5, 5.41) is 12.5.